The summed E-state index contributed by atoms with van der Waals surface area (Å²) < 4.78 is 5.54. The van der Waals surface area contributed by atoms with Crippen LogP contribution in [-0.4, -0.2) is 19.3 Å². The Morgan fingerprint density at radius 2 is 1.33 bits per heavy atom. The molecular weight excluding hydrogens is 186 g/mol. The van der Waals surface area contributed by atoms with Gasteiger partial charge in [0.15, 0.2) is 0 Å². The Balaban J connectivity index is 3.20. The van der Waals surface area contributed by atoms with E-state index in [1.54, 1.807) is 0 Å². The van der Waals surface area contributed by atoms with E-state index < -0.39 is 0 Å². The molecule has 0 saturated heterocycles. The highest BCUT2D eigenvalue weighted by Gasteiger charge is 2.04. The van der Waals surface area contributed by atoms with Crippen LogP contribution in [0.3, 0.4) is 0 Å². The first-order chi connectivity index (χ1) is 7.02. The number of ether oxygens (including phenoxy) is 1. The first-order valence-corrected chi connectivity index (χ1v) is 6.35. The molecule has 0 fully saturated rings. The molecule has 0 radical (unpaired) electrons. The van der Waals surface area contributed by atoms with E-state index in [0.717, 1.165) is 44.3 Å². The van der Waals surface area contributed by atoms with Crippen LogP contribution in [0.5, 0.6) is 0 Å². The Morgan fingerprint density at radius 3 is 1.87 bits per heavy atom. The van der Waals surface area contributed by atoms with Gasteiger partial charge in [-0.1, -0.05) is 27.7 Å². The molecule has 15 heavy (non-hydrogen) atoms. The van der Waals surface area contributed by atoms with Crippen molar-refractivity contribution >= 4 is 0 Å². The molecule has 0 aliphatic heterocycles. The summed E-state index contributed by atoms with van der Waals surface area (Å²) in [6, 6.07) is 0.325. The van der Waals surface area contributed by atoms with Crippen molar-refractivity contribution in [1.82, 2.24) is 0 Å². The normalized spacial score (nSPS) is 13.8. The maximum absolute atomic E-state index is 5.98. The molecule has 0 aromatic rings. The van der Waals surface area contributed by atoms with Gasteiger partial charge in [-0.25, -0.2) is 0 Å². The Hall–Kier alpha value is -0.0800. The van der Waals surface area contributed by atoms with Crippen LogP contribution < -0.4 is 5.73 Å². The van der Waals surface area contributed by atoms with Gasteiger partial charge in [0.2, 0.25) is 0 Å². The van der Waals surface area contributed by atoms with Crippen molar-refractivity contribution in [3.05, 3.63) is 0 Å². The lowest BCUT2D eigenvalue weighted by Crippen LogP contribution is -2.22. The van der Waals surface area contributed by atoms with Crippen LogP contribution >= 0.6 is 0 Å². The molecule has 0 amide bonds. The Morgan fingerprint density at radius 1 is 0.800 bits per heavy atom. The van der Waals surface area contributed by atoms with Gasteiger partial charge in [-0.05, 0) is 37.5 Å². The second kappa shape index (κ2) is 9.17. The van der Waals surface area contributed by atoms with Crippen LogP contribution in [0.25, 0.3) is 0 Å². The van der Waals surface area contributed by atoms with Crippen molar-refractivity contribution in [2.24, 2.45) is 17.6 Å². The summed E-state index contributed by atoms with van der Waals surface area (Å²) in [6.45, 7) is 10.6. The van der Waals surface area contributed by atoms with Crippen LogP contribution in [0.15, 0.2) is 0 Å². The summed E-state index contributed by atoms with van der Waals surface area (Å²) in [7, 11) is 0. The number of rotatable bonds is 9. The number of nitrogens with two attached hydrogens (primary N) is 1. The molecule has 2 N–H and O–H groups in total. The molecular formula is C13H29NO. The average Bonchev–Trinajstić information content (AvgIpc) is 2.13. The second-order valence-corrected chi connectivity index (χ2v) is 5.31. The summed E-state index contributed by atoms with van der Waals surface area (Å²) in [6.07, 6.45) is 4.52. The van der Waals surface area contributed by atoms with Gasteiger partial charge in [-0.3, -0.25) is 0 Å². The lowest BCUT2D eigenvalue weighted by molar-refractivity contribution is 0.116. The van der Waals surface area contributed by atoms with E-state index >= 15 is 0 Å². The van der Waals surface area contributed by atoms with E-state index in [4.69, 9.17) is 10.5 Å². The highest BCUT2D eigenvalue weighted by Crippen LogP contribution is 2.07. The van der Waals surface area contributed by atoms with Crippen molar-refractivity contribution in [3.63, 3.8) is 0 Å². The maximum Gasteiger partial charge on any atom is 0.0480 e. The fraction of sp³-hybridized carbons (Fsp3) is 1.00. The van der Waals surface area contributed by atoms with Crippen molar-refractivity contribution in [1.29, 1.82) is 0 Å². The summed E-state index contributed by atoms with van der Waals surface area (Å²) in [5, 5.41) is 0. The highest BCUT2D eigenvalue weighted by atomic mass is 16.5. The van der Waals surface area contributed by atoms with Crippen molar-refractivity contribution in [3.8, 4) is 0 Å². The monoisotopic (exact) mass is 215 g/mol. The Labute approximate surface area is 95.6 Å². The Kier molecular flexibility index (Phi) is 9.12. The molecule has 1 unspecified atom stereocenters. The van der Waals surface area contributed by atoms with Gasteiger partial charge in [-0.15, -0.1) is 0 Å². The minimum Gasteiger partial charge on any atom is -0.381 e. The summed E-state index contributed by atoms with van der Waals surface area (Å²) in [4.78, 5) is 0. The van der Waals surface area contributed by atoms with Crippen molar-refractivity contribution in [2.75, 3.05) is 13.2 Å². The Bertz CT molecular complexity index is 134. The highest BCUT2D eigenvalue weighted by molar-refractivity contribution is 4.62. The van der Waals surface area contributed by atoms with E-state index in [9.17, 15) is 0 Å². The van der Waals surface area contributed by atoms with Crippen LogP contribution in [0.2, 0.25) is 0 Å². The lowest BCUT2D eigenvalue weighted by atomic mass is 10.0. The summed E-state index contributed by atoms with van der Waals surface area (Å²) in [5.74, 6) is 1.50. The fourth-order valence-corrected chi connectivity index (χ4v) is 1.35. The number of hydrogen-bond donors (Lipinski definition) is 1. The zero-order valence-electron chi connectivity index (χ0n) is 11.0. The molecule has 0 aromatic heterocycles. The third-order valence-electron chi connectivity index (χ3n) is 2.59. The lowest BCUT2D eigenvalue weighted by Gasteiger charge is -2.13. The molecule has 2 heteroatoms. The van der Waals surface area contributed by atoms with Crippen LogP contribution in [0.4, 0.5) is 0 Å². The van der Waals surface area contributed by atoms with Gasteiger partial charge in [0.25, 0.3) is 0 Å². The molecule has 92 valence electrons. The molecule has 0 spiro atoms. The van der Waals surface area contributed by atoms with Gasteiger partial charge < -0.3 is 10.5 Å². The molecule has 0 rings (SSSR count). The van der Waals surface area contributed by atoms with Crippen molar-refractivity contribution in [2.45, 2.75) is 59.4 Å². The standard InChI is InChI=1S/C13H29NO/c1-11(2)5-6-13(14)8-10-15-9-7-12(3)4/h11-13H,5-10,14H2,1-4H3. The predicted octanol–water partition coefficient (Wildman–Crippen LogP) is 3.20. The minimum absolute atomic E-state index is 0.325. The first kappa shape index (κ1) is 14.9. The number of hydrogen-bond acceptors (Lipinski definition) is 2. The van der Waals surface area contributed by atoms with E-state index in [0.29, 0.717) is 6.04 Å². The van der Waals surface area contributed by atoms with E-state index in [1.807, 2.05) is 0 Å². The van der Waals surface area contributed by atoms with Gasteiger partial charge in [0.1, 0.15) is 0 Å². The zero-order chi connectivity index (χ0) is 11.7. The average molecular weight is 215 g/mol. The quantitative estimate of drug-likeness (QED) is 0.599. The molecule has 0 aliphatic carbocycles. The predicted molar refractivity (Wildman–Crippen MR) is 66.9 cm³/mol. The third kappa shape index (κ3) is 11.8. The first-order valence-electron chi connectivity index (χ1n) is 6.35. The largest absolute Gasteiger partial charge is 0.381 e. The van der Waals surface area contributed by atoms with E-state index in [2.05, 4.69) is 27.7 Å². The maximum atomic E-state index is 5.98. The van der Waals surface area contributed by atoms with Crippen LogP contribution in [-0.2, 0) is 4.74 Å². The molecule has 1 atom stereocenters. The topological polar surface area (TPSA) is 35.2 Å². The molecule has 2 nitrogen and oxygen atoms in total. The van der Waals surface area contributed by atoms with Gasteiger partial charge in [-0.2, -0.15) is 0 Å². The van der Waals surface area contributed by atoms with Crippen LogP contribution in [0.1, 0.15) is 53.4 Å². The second-order valence-electron chi connectivity index (χ2n) is 5.31. The van der Waals surface area contributed by atoms with Crippen LogP contribution in [0, 0.1) is 11.8 Å². The van der Waals surface area contributed by atoms with Gasteiger partial charge in [0, 0.05) is 19.3 Å². The van der Waals surface area contributed by atoms with E-state index in [1.165, 1.54) is 6.42 Å². The minimum atomic E-state index is 0.325. The molecule has 0 heterocycles. The zero-order valence-corrected chi connectivity index (χ0v) is 11.0. The molecule has 0 saturated carbocycles. The third-order valence-corrected chi connectivity index (χ3v) is 2.59. The smallest absolute Gasteiger partial charge is 0.0480 e. The molecule has 0 aromatic carbocycles. The molecule has 0 bridgehead atoms. The molecule has 0 aliphatic rings. The van der Waals surface area contributed by atoms with E-state index in [-0.39, 0.29) is 0 Å². The van der Waals surface area contributed by atoms with Gasteiger partial charge >= 0.3 is 0 Å². The fourth-order valence-electron chi connectivity index (χ4n) is 1.35. The SMILES string of the molecule is CC(C)CCOCCC(N)CCC(C)C. The summed E-state index contributed by atoms with van der Waals surface area (Å²) in [5.41, 5.74) is 5.98. The van der Waals surface area contributed by atoms with Gasteiger partial charge in [0.05, 0.1) is 0 Å². The summed E-state index contributed by atoms with van der Waals surface area (Å²) >= 11 is 0. The van der Waals surface area contributed by atoms with Crippen molar-refractivity contribution < 1.29 is 4.74 Å².